The van der Waals surface area contributed by atoms with Gasteiger partial charge in [-0.1, -0.05) is 38.1 Å². The highest BCUT2D eigenvalue weighted by molar-refractivity contribution is 5.34. The zero-order valence-corrected chi connectivity index (χ0v) is 12.8. The van der Waals surface area contributed by atoms with Crippen molar-refractivity contribution in [3.05, 3.63) is 35.4 Å². The number of hydrogen-bond donors (Lipinski definition) is 1. The van der Waals surface area contributed by atoms with Gasteiger partial charge in [-0.05, 0) is 50.9 Å². The molecule has 0 bridgehead atoms. The van der Waals surface area contributed by atoms with Crippen LogP contribution in [0.3, 0.4) is 0 Å². The van der Waals surface area contributed by atoms with Crippen molar-refractivity contribution in [2.75, 3.05) is 13.6 Å². The molecule has 0 heterocycles. The van der Waals surface area contributed by atoms with Gasteiger partial charge in [-0.25, -0.2) is 0 Å². The maximum absolute atomic E-state index is 3.71. The summed E-state index contributed by atoms with van der Waals surface area (Å²) >= 11 is 0. The summed E-state index contributed by atoms with van der Waals surface area (Å²) in [7, 11) is 2.29. The highest BCUT2D eigenvalue weighted by Crippen LogP contribution is 2.33. The summed E-state index contributed by atoms with van der Waals surface area (Å²) in [6.07, 6.45) is 3.69. The van der Waals surface area contributed by atoms with Crippen molar-refractivity contribution < 1.29 is 0 Å². The maximum Gasteiger partial charge on any atom is 0.0480 e. The van der Waals surface area contributed by atoms with Crippen molar-refractivity contribution in [2.24, 2.45) is 0 Å². The van der Waals surface area contributed by atoms with Gasteiger partial charge in [-0.15, -0.1) is 0 Å². The minimum Gasteiger partial charge on any atom is -0.309 e. The zero-order chi connectivity index (χ0) is 13.8. The number of nitrogens with one attached hydrogen (secondary N) is 1. The summed E-state index contributed by atoms with van der Waals surface area (Å²) in [4.78, 5) is 2.57. The van der Waals surface area contributed by atoms with Crippen LogP contribution in [0.15, 0.2) is 24.3 Å². The van der Waals surface area contributed by atoms with Gasteiger partial charge in [-0.2, -0.15) is 0 Å². The minimum absolute atomic E-state index is 0.481. The molecule has 0 saturated carbocycles. The van der Waals surface area contributed by atoms with E-state index in [2.05, 4.69) is 62.3 Å². The Morgan fingerprint density at radius 3 is 2.74 bits per heavy atom. The quantitative estimate of drug-likeness (QED) is 0.873. The molecule has 1 aromatic carbocycles. The van der Waals surface area contributed by atoms with Crippen LogP contribution in [-0.2, 0) is 6.42 Å². The summed E-state index contributed by atoms with van der Waals surface area (Å²) in [6.45, 7) is 7.85. The second kappa shape index (κ2) is 6.53. The van der Waals surface area contributed by atoms with E-state index in [0.29, 0.717) is 18.1 Å². The molecular weight excluding hydrogens is 232 g/mol. The van der Waals surface area contributed by atoms with E-state index in [1.165, 1.54) is 30.4 Å². The third-order valence-corrected chi connectivity index (χ3v) is 4.72. The van der Waals surface area contributed by atoms with Gasteiger partial charge in [-0.3, -0.25) is 4.90 Å². The first-order valence-electron chi connectivity index (χ1n) is 7.72. The van der Waals surface area contributed by atoms with Gasteiger partial charge in [0.25, 0.3) is 0 Å². The van der Waals surface area contributed by atoms with E-state index in [1.807, 2.05) is 0 Å². The summed E-state index contributed by atoms with van der Waals surface area (Å²) < 4.78 is 0. The molecule has 0 amide bonds. The van der Waals surface area contributed by atoms with E-state index < -0.39 is 0 Å². The van der Waals surface area contributed by atoms with Crippen molar-refractivity contribution in [3.63, 3.8) is 0 Å². The Bertz CT molecular complexity index is 402. The third-order valence-electron chi connectivity index (χ3n) is 4.72. The SMILES string of the molecule is CCNC1c2ccccc2CCC1N(C)C(C)CC. The van der Waals surface area contributed by atoms with Crippen LogP contribution in [-0.4, -0.2) is 30.6 Å². The number of fused-ring (bicyclic) bond motifs is 1. The summed E-state index contributed by atoms with van der Waals surface area (Å²) in [6, 6.07) is 10.7. The minimum atomic E-state index is 0.481. The number of likely N-dealkylation sites (N-methyl/N-ethyl adjacent to an activating group) is 2. The molecule has 2 rings (SSSR count). The van der Waals surface area contributed by atoms with Gasteiger partial charge in [0, 0.05) is 18.1 Å². The van der Waals surface area contributed by atoms with Crippen LogP contribution in [0.25, 0.3) is 0 Å². The molecule has 3 unspecified atom stereocenters. The van der Waals surface area contributed by atoms with Crippen LogP contribution in [0.2, 0.25) is 0 Å². The second-order valence-corrected chi connectivity index (χ2v) is 5.76. The van der Waals surface area contributed by atoms with E-state index in [4.69, 9.17) is 0 Å². The Morgan fingerprint density at radius 2 is 2.05 bits per heavy atom. The summed E-state index contributed by atoms with van der Waals surface area (Å²) in [5.41, 5.74) is 3.04. The van der Waals surface area contributed by atoms with Crippen molar-refractivity contribution >= 4 is 0 Å². The lowest BCUT2D eigenvalue weighted by Crippen LogP contribution is -2.48. The van der Waals surface area contributed by atoms with E-state index in [0.717, 1.165) is 6.54 Å². The predicted molar refractivity (Wildman–Crippen MR) is 82.5 cm³/mol. The van der Waals surface area contributed by atoms with Gasteiger partial charge in [0.2, 0.25) is 0 Å². The lowest BCUT2D eigenvalue weighted by atomic mass is 9.83. The molecule has 0 saturated heterocycles. The molecule has 2 nitrogen and oxygen atoms in total. The number of hydrogen-bond acceptors (Lipinski definition) is 2. The average molecular weight is 260 g/mol. The first kappa shape index (κ1) is 14.5. The Hall–Kier alpha value is -0.860. The molecule has 0 aliphatic heterocycles. The Morgan fingerprint density at radius 1 is 1.32 bits per heavy atom. The molecule has 1 aliphatic carbocycles. The van der Waals surface area contributed by atoms with Crippen LogP contribution < -0.4 is 5.32 Å². The smallest absolute Gasteiger partial charge is 0.0480 e. The van der Waals surface area contributed by atoms with E-state index >= 15 is 0 Å². The van der Waals surface area contributed by atoms with Crippen LogP contribution in [0.5, 0.6) is 0 Å². The van der Waals surface area contributed by atoms with Crippen molar-refractivity contribution in [3.8, 4) is 0 Å². The highest BCUT2D eigenvalue weighted by Gasteiger charge is 2.32. The van der Waals surface area contributed by atoms with Crippen LogP contribution in [0.4, 0.5) is 0 Å². The summed E-state index contributed by atoms with van der Waals surface area (Å²) in [5, 5.41) is 3.71. The third kappa shape index (κ3) is 3.01. The van der Waals surface area contributed by atoms with Crippen LogP contribution in [0.1, 0.15) is 50.8 Å². The normalized spacial score (nSPS) is 24.3. The molecule has 1 aliphatic rings. The maximum atomic E-state index is 3.71. The molecule has 0 fully saturated rings. The number of aryl methyl sites for hydroxylation is 1. The predicted octanol–water partition coefficient (Wildman–Crippen LogP) is 3.38. The average Bonchev–Trinajstić information content (AvgIpc) is 2.46. The monoisotopic (exact) mass is 260 g/mol. The lowest BCUT2D eigenvalue weighted by molar-refractivity contribution is 0.129. The molecule has 0 aromatic heterocycles. The molecular formula is C17H28N2. The molecule has 106 valence electrons. The van der Waals surface area contributed by atoms with Gasteiger partial charge in [0.1, 0.15) is 0 Å². The van der Waals surface area contributed by atoms with E-state index in [1.54, 1.807) is 0 Å². The highest BCUT2D eigenvalue weighted by atomic mass is 15.2. The molecule has 2 heteroatoms. The van der Waals surface area contributed by atoms with E-state index in [-0.39, 0.29) is 0 Å². The Labute approximate surface area is 118 Å². The molecule has 0 spiro atoms. The van der Waals surface area contributed by atoms with Gasteiger partial charge < -0.3 is 5.32 Å². The Kier molecular flexibility index (Phi) is 5.00. The first-order valence-corrected chi connectivity index (χ1v) is 7.72. The van der Waals surface area contributed by atoms with Crippen molar-refractivity contribution in [2.45, 2.75) is 58.2 Å². The number of benzene rings is 1. The van der Waals surface area contributed by atoms with Gasteiger partial charge in [0.05, 0.1) is 0 Å². The fourth-order valence-corrected chi connectivity index (χ4v) is 3.26. The zero-order valence-electron chi connectivity index (χ0n) is 12.8. The number of nitrogens with zero attached hydrogens (tertiary/aromatic N) is 1. The first-order chi connectivity index (χ1) is 9.19. The van der Waals surface area contributed by atoms with E-state index in [9.17, 15) is 0 Å². The fraction of sp³-hybridized carbons (Fsp3) is 0.647. The fourth-order valence-electron chi connectivity index (χ4n) is 3.26. The topological polar surface area (TPSA) is 15.3 Å². The molecule has 1 N–H and O–H groups in total. The second-order valence-electron chi connectivity index (χ2n) is 5.76. The van der Waals surface area contributed by atoms with Gasteiger partial charge in [0.15, 0.2) is 0 Å². The molecule has 0 radical (unpaired) electrons. The molecule has 1 aromatic rings. The lowest BCUT2D eigenvalue weighted by Gasteiger charge is -2.42. The largest absolute Gasteiger partial charge is 0.309 e. The Balaban J connectivity index is 2.26. The number of rotatable bonds is 5. The standard InChI is InChI=1S/C17H28N2/c1-5-13(3)19(4)16-12-11-14-9-7-8-10-15(14)17(16)18-6-2/h7-10,13,16-18H,5-6,11-12H2,1-4H3. The summed E-state index contributed by atoms with van der Waals surface area (Å²) in [5.74, 6) is 0. The van der Waals surface area contributed by atoms with Gasteiger partial charge >= 0.3 is 0 Å². The molecule has 19 heavy (non-hydrogen) atoms. The van der Waals surface area contributed by atoms with Crippen molar-refractivity contribution in [1.29, 1.82) is 0 Å². The van der Waals surface area contributed by atoms with Crippen LogP contribution in [0, 0.1) is 0 Å². The molecule has 3 atom stereocenters. The van der Waals surface area contributed by atoms with Crippen molar-refractivity contribution in [1.82, 2.24) is 10.2 Å². The van der Waals surface area contributed by atoms with Crippen LogP contribution >= 0.6 is 0 Å².